The van der Waals surface area contributed by atoms with Crippen molar-refractivity contribution in [2.24, 2.45) is 0 Å². The molecule has 0 radical (unpaired) electrons. The lowest BCUT2D eigenvalue weighted by atomic mass is 10.1. The van der Waals surface area contributed by atoms with Gasteiger partial charge in [-0.05, 0) is 52.5 Å². The van der Waals surface area contributed by atoms with Gasteiger partial charge < -0.3 is 15.2 Å². The second-order valence-electron chi connectivity index (χ2n) is 5.22. The van der Waals surface area contributed by atoms with Gasteiger partial charge in [-0.2, -0.15) is 0 Å². The highest BCUT2D eigenvalue weighted by molar-refractivity contribution is 5.81. The zero-order chi connectivity index (χ0) is 13.3. The molecule has 1 unspecified atom stereocenters. The molecule has 18 heavy (non-hydrogen) atoms. The van der Waals surface area contributed by atoms with Crippen LogP contribution in [0.5, 0.6) is 0 Å². The highest BCUT2D eigenvalue weighted by Crippen LogP contribution is 2.26. The standard InChI is InChI=1S/C14H22N4/c1-10-6-5-7-12-13(10)18(14(15)16-12)11(2)8-9-17(3)4/h5-7,11H,8-9H2,1-4H3,(H2,15,16). The molecule has 2 aromatic rings. The van der Waals surface area contributed by atoms with Gasteiger partial charge in [-0.1, -0.05) is 12.1 Å². The Morgan fingerprint density at radius 3 is 2.78 bits per heavy atom. The van der Waals surface area contributed by atoms with Gasteiger partial charge in [0.25, 0.3) is 0 Å². The number of aromatic nitrogens is 2. The molecule has 98 valence electrons. The van der Waals surface area contributed by atoms with Crippen LogP contribution in [0.4, 0.5) is 5.95 Å². The lowest BCUT2D eigenvalue weighted by Crippen LogP contribution is -2.18. The van der Waals surface area contributed by atoms with Crippen molar-refractivity contribution in [3.63, 3.8) is 0 Å². The normalized spacial score (nSPS) is 13.4. The molecule has 0 aliphatic carbocycles. The van der Waals surface area contributed by atoms with Crippen LogP contribution in [0.1, 0.15) is 24.9 Å². The molecule has 1 aromatic heterocycles. The minimum Gasteiger partial charge on any atom is -0.369 e. The van der Waals surface area contributed by atoms with Crippen molar-refractivity contribution < 1.29 is 0 Å². The maximum atomic E-state index is 6.07. The Morgan fingerprint density at radius 2 is 2.11 bits per heavy atom. The zero-order valence-electron chi connectivity index (χ0n) is 11.6. The van der Waals surface area contributed by atoms with Crippen LogP contribution in [-0.4, -0.2) is 35.1 Å². The molecule has 0 bridgehead atoms. The van der Waals surface area contributed by atoms with Gasteiger partial charge in [0.2, 0.25) is 5.95 Å². The molecule has 4 nitrogen and oxygen atoms in total. The van der Waals surface area contributed by atoms with Crippen LogP contribution in [0.2, 0.25) is 0 Å². The van der Waals surface area contributed by atoms with Crippen molar-refractivity contribution in [1.82, 2.24) is 14.5 Å². The van der Waals surface area contributed by atoms with Gasteiger partial charge in [0.05, 0.1) is 11.0 Å². The van der Waals surface area contributed by atoms with Crippen LogP contribution < -0.4 is 5.73 Å². The summed E-state index contributed by atoms with van der Waals surface area (Å²) in [5.74, 6) is 0.616. The van der Waals surface area contributed by atoms with Crippen molar-refractivity contribution in [1.29, 1.82) is 0 Å². The molecule has 1 aromatic carbocycles. The zero-order valence-corrected chi connectivity index (χ0v) is 11.6. The average molecular weight is 246 g/mol. The Hall–Kier alpha value is -1.55. The number of benzene rings is 1. The highest BCUT2D eigenvalue weighted by atomic mass is 15.2. The Kier molecular flexibility index (Phi) is 3.57. The van der Waals surface area contributed by atoms with E-state index in [1.165, 1.54) is 11.1 Å². The predicted molar refractivity (Wildman–Crippen MR) is 76.8 cm³/mol. The molecule has 2 N–H and O–H groups in total. The second kappa shape index (κ2) is 4.98. The van der Waals surface area contributed by atoms with Gasteiger partial charge in [0.1, 0.15) is 0 Å². The third-order valence-corrected chi connectivity index (χ3v) is 3.37. The van der Waals surface area contributed by atoms with E-state index in [2.05, 4.69) is 48.5 Å². The number of aryl methyl sites for hydroxylation is 1. The first-order valence-corrected chi connectivity index (χ1v) is 6.38. The van der Waals surface area contributed by atoms with Crippen molar-refractivity contribution in [3.05, 3.63) is 23.8 Å². The number of anilines is 1. The smallest absolute Gasteiger partial charge is 0.201 e. The van der Waals surface area contributed by atoms with E-state index in [-0.39, 0.29) is 0 Å². The van der Waals surface area contributed by atoms with Crippen LogP contribution >= 0.6 is 0 Å². The Morgan fingerprint density at radius 1 is 1.39 bits per heavy atom. The molecule has 0 fully saturated rings. The summed E-state index contributed by atoms with van der Waals surface area (Å²) < 4.78 is 2.16. The topological polar surface area (TPSA) is 47.1 Å². The fourth-order valence-electron chi connectivity index (χ4n) is 2.36. The SMILES string of the molecule is Cc1cccc2nc(N)n(C(C)CCN(C)C)c12. The quantitative estimate of drug-likeness (QED) is 0.901. The van der Waals surface area contributed by atoms with Gasteiger partial charge in [0.15, 0.2) is 0 Å². The number of hydrogen-bond donors (Lipinski definition) is 1. The van der Waals surface area contributed by atoms with E-state index in [1.807, 2.05) is 12.1 Å². The van der Waals surface area contributed by atoms with Gasteiger partial charge >= 0.3 is 0 Å². The first-order chi connectivity index (χ1) is 8.50. The van der Waals surface area contributed by atoms with Crippen LogP contribution in [0.3, 0.4) is 0 Å². The lowest BCUT2D eigenvalue weighted by Gasteiger charge is -2.19. The van der Waals surface area contributed by atoms with Crippen LogP contribution in [-0.2, 0) is 0 Å². The second-order valence-corrected chi connectivity index (χ2v) is 5.22. The van der Waals surface area contributed by atoms with E-state index < -0.39 is 0 Å². The van der Waals surface area contributed by atoms with E-state index in [0.29, 0.717) is 12.0 Å². The highest BCUT2D eigenvalue weighted by Gasteiger charge is 2.15. The third kappa shape index (κ3) is 2.34. The van der Waals surface area contributed by atoms with Crippen LogP contribution in [0.15, 0.2) is 18.2 Å². The van der Waals surface area contributed by atoms with E-state index in [0.717, 1.165) is 18.5 Å². The summed E-state index contributed by atoms with van der Waals surface area (Å²) in [5.41, 5.74) is 9.46. The molecular weight excluding hydrogens is 224 g/mol. The van der Waals surface area contributed by atoms with E-state index in [9.17, 15) is 0 Å². The number of hydrogen-bond acceptors (Lipinski definition) is 3. The van der Waals surface area contributed by atoms with Crippen molar-refractivity contribution in [2.45, 2.75) is 26.3 Å². The molecule has 2 rings (SSSR count). The minimum absolute atomic E-state index is 0.360. The summed E-state index contributed by atoms with van der Waals surface area (Å²) in [7, 11) is 4.18. The van der Waals surface area contributed by atoms with Gasteiger partial charge in [-0.15, -0.1) is 0 Å². The summed E-state index contributed by atoms with van der Waals surface area (Å²) >= 11 is 0. The monoisotopic (exact) mass is 246 g/mol. The molecule has 0 saturated carbocycles. The van der Waals surface area contributed by atoms with Crippen LogP contribution in [0.25, 0.3) is 11.0 Å². The Bertz CT molecular complexity index is 542. The van der Waals surface area contributed by atoms with Crippen molar-refractivity contribution >= 4 is 17.0 Å². The number of imidazole rings is 1. The molecular formula is C14H22N4. The summed E-state index contributed by atoms with van der Waals surface area (Å²) in [5, 5.41) is 0. The number of nitrogens with two attached hydrogens (primary N) is 1. The van der Waals surface area contributed by atoms with Gasteiger partial charge in [-0.25, -0.2) is 4.98 Å². The molecule has 0 spiro atoms. The number of fused-ring (bicyclic) bond motifs is 1. The van der Waals surface area contributed by atoms with Gasteiger partial charge in [-0.3, -0.25) is 0 Å². The predicted octanol–water partition coefficient (Wildman–Crippen LogP) is 2.44. The Balaban J connectivity index is 2.40. The summed E-state index contributed by atoms with van der Waals surface area (Å²) in [6.45, 7) is 5.36. The van der Waals surface area contributed by atoms with Crippen molar-refractivity contribution in [3.8, 4) is 0 Å². The van der Waals surface area contributed by atoms with E-state index in [1.54, 1.807) is 0 Å². The number of rotatable bonds is 4. The fourth-order valence-corrected chi connectivity index (χ4v) is 2.36. The molecule has 4 heteroatoms. The average Bonchev–Trinajstić information content (AvgIpc) is 2.63. The van der Waals surface area contributed by atoms with Crippen molar-refractivity contribution in [2.75, 3.05) is 26.4 Å². The number of nitrogen functional groups attached to an aromatic ring is 1. The molecule has 1 atom stereocenters. The molecule has 1 heterocycles. The first-order valence-electron chi connectivity index (χ1n) is 6.38. The largest absolute Gasteiger partial charge is 0.369 e. The number of para-hydroxylation sites is 1. The molecule has 0 saturated heterocycles. The summed E-state index contributed by atoms with van der Waals surface area (Å²) in [6.07, 6.45) is 1.07. The maximum Gasteiger partial charge on any atom is 0.201 e. The summed E-state index contributed by atoms with van der Waals surface area (Å²) in [6, 6.07) is 6.52. The summed E-state index contributed by atoms with van der Waals surface area (Å²) in [4.78, 5) is 6.64. The number of nitrogens with zero attached hydrogens (tertiary/aromatic N) is 3. The first kappa shape index (κ1) is 12.9. The van der Waals surface area contributed by atoms with Crippen LogP contribution in [0, 0.1) is 6.92 Å². The lowest BCUT2D eigenvalue weighted by molar-refractivity contribution is 0.362. The van der Waals surface area contributed by atoms with E-state index in [4.69, 9.17) is 5.73 Å². The third-order valence-electron chi connectivity index (χ3n) is 3.37. The molecule has 0 aliphatic heterocycles. The van der Waals surface area contributed by atoms with Gasteiger partial charge in [0, 0.05) is 6.04 Å². The van der Waals surface area contributed by atoms with E-state index >= 15 is 0 Å². The minimum atomic E-state index is 0.360. The maximum absolute atomic E-state index is 6.07. The Labute approximate surface area is 108 Å². The molecule has 0 aliphatic rings. The molecule has 0 amide bonds. The fraction of sp³-hybridized carbons (Fsp3) is 0.500.